The minimum absolute atomic E-state index is 0.126. The van der Waals surface area contributed by atoms with Crippen LogP contribution in [0.4, 0.5) is 5.69 Å². The molecule has 1 aliphatic rings. The Hall–Kier alpha value is -2.59. The maximum absolute atomic E-state index is 13.3. The van der Waals surface area contributed by atoms with Crippen molar-refractivity contribution in [3.63, 3.8) is 0 Å². The SMILES string of the molecule is Cc1cccc(N=NC(=C2C=C(C(C)(C)C)C(=O)C(C(C)(C)C)=C2)c2ccc(C)s2)c1. The van der Waals surface area contributed by atoms with Gasteiger partial charge in [0.2, 0.25) is 0 Å². The summed E-state index contributed by atoms with van der Waals surface area (Å²) in [5.41, 5.74) is 4.79. The van der Waals surface area contributed by atoms with Crippen LogP contribution in [-0.2, 0) is 4.79 Å². The predicted octanol–water partition coefficient (Wildman–Crippen LogP) is 8.39. The molecule has 0 radical (unpaired) electrons. The first-order valence-electron chi connectivity index (χ1n) is 10.6. The number of ketones is 1. The molecule has 0 spiro atoms. The molecule has 3 rings (SSSR count). The van der Waals surface area contributed by atoms with Gasteiger partial charge in [-0.2, -0.15) is 5.11 Å². The fraction of sp³-hybridized carbons (Fsp3) is 0.370. The van der Waals surface area contributed by atoms with Gasteiger partial charge in [0, 0.05) is 21.6 Å². The molecular formula is C27H32N2OS. The van der Waals surface area contributed by atoms with Gasteiger partial charge >= 0.3 is 0 Å². The molecule has 1 heterocycles. The topological polar surface area (TPSA) is 41.8 Å². The van der Waals surface area contributed by atoms with Gasteiger partial charge < -0.3 is 0 Å². The van der Waals surface area contributed by atoms with Crippen molar-refractivity contribution in [3.8, 4) is 0 Å². The summed E-state index contributed by atoms with van der Waals surface area (Å²) < 4.78 is 0. The molecule has 0 N–H and O–H groups in total. The van der Waals surface area contributed by atoms with Crippen molar-refractivity contribution in [1.29, 1.82) is 0 Å². The van der Waals surface area contributed by atoms with Crippen molar-refractivity contribution in [2.45, 2.75) is 55.4 Å². The lowest BCUT2D eigenvalue weighted by atomic mass is 9.71. The van der Waals surface area contributed by atoms with Gasteiger partial charge in [0.15, 0.2) is 5.78 Å². The number of carbonyl (C=O) groups excluding carboxylic acids is 1. The number of Topliss-reactive ketones (excluding diaryl/α,β-unsaturated/α-hetero) is 1. The van der Waals surface area contributed by atoms with E-state index in [0.29, 0.717) is 0 Å². The fourth-order valence-corrected chi connectivity index (χ4v) is 4.36. The summed E-state index contributed by atoms with van der Waals surface area (Å²) in [5, 5.41) is 9.27. The second-order valence-electron chi connectivity index (χ2n) is 10.2. The molecule has 2 aromatic rings. The summed E-state index contributed by atoms with van der Waals surface area (Å²) in [5.74, 6) is 0.126. The summed E-state index contributed by atoms with van der Waals surface area (Å²) in [6.07, 6.45) is 4.02. The molecule has 3 nitrogen and oxygen atoms in total. The quantitative estimate of drug-likeness (QED) is 0.449. The number of carbonyl (C=O) groups is 1. The van der Waals surface area contributed by atoms with E-state index in [-0.39, 0.29) is 16.6 Å². The highest BCUT2D eigenvalue weighted by atomic mass is 32.1. The van der Waals surface area contributed by atoms with Crippen LogP contribution >= 0.6 is 11.3 Å². The Morgan fingerprint density at radius 1 is 0.871 bits per heavy atom. The highest BCUT2D eigenvalue weighted by Crippen LogP contribution is 2.41. The normalized spacial score (nSPS) is 15.4. The summed E-state index contributed by atoms with van der Waals surface area (Å²) in [7, 11) is 0. The van der Waals surface area contributed by atoms with E-state index < -0.39 is 0 Å². The molecule has 0 atom stereocenters. The number of azo groups is 1. The van der Waals surface area contributed by atoms with Crippen molar-refractivity contribution < 1.29 is 4.79 Å². The molecule has 4 heteroatoms. The van der Waals surface area contributed by atoms with Crippen LogP contribution in [0.5, 0.6) is 0 Å². The van der Waals surface area contributed by atoms with Crippen LogP contribution in [0.2, 0.25) is 0 Å². The Labute approximate surface area is 190 Å². The molecule has 0 amide bonds. The first-order valence-corrected chi connectivity index (χ1v) is 11.5. The second kappa shape index (κ2) is 8.51. The Morgan fingerprint density at radius 3 is 1.97 bits per heavy atom. The number of nitrogens with zero attached hydrogens (tertiary/aromatic N) is 2. The van der Waals surface area contributed by atoms with E-state index in [2.05, 4.69) is 65.7 Å². The van der Waals surface area contributed by atoms with Crippen LogP contribution in [0.25, 0.3) is 5.70 Å². The predicted molar refractivity (Wildman–Crippen MR) is 132 cm³/mol. The van der Waals surface area contributed by atoms with E-state index in [0.717, 1.165) is 38.5 Å². The van der Waals surface area contributed by atoms with Crippen molar-refractivity contribution in [2.24, 2.45) is 21.1 Å². The van der Waals surface area contributed by atoms with Gasteiger partial charge in [-0.1, -0.05) is 53.7 Å². The molecule has 0 bridgehead atoms. The van der Waals surface area contributed by atoms with Gasteiger partial charge in [-0.25, -0.2) is 0 Å². The molecule has 1 aromatic heterocycles. The van der Waals surface area contributed by atoms with Gasteiger partial charge in [-0.15, -0.1) is 16.5 Å². The number of benzene rings is 1. The summed E-state index contributed by atoms with van der Waals surface area (Å²) in [6, 6.07) is 12.2. The van der Waals surface area contributed by atoms with Crippen molar-refractivity contribution in [1.82, 2.24) is 0 Å². The molecule has 0 fully saturated rings. The van der Waals surface area contributed by atoms with Gasteiger partial charge in [0.1, 0.15) is 5.70 Å². The zero-order valence-electron chi connectivity index (χ0n) is 19.8. The van der Waals surface area contributed by atoms with E-state index in [9.17, 15) is 4.79 Å². The molecule has 0 aliphatic heterocycles. The molecule has 1 aliphatic carbocycles. The van der Waals surface area contributed by atoms with E-state index >= 15 is 0 Å². The molecular weight excluding hydrogens is 400 g/mol. The minimum Gasteiger partial charge on any atom is -0.289 e. The minimum atomic E-state index is -0.267. The summed E-state index contributed by atoms with van der Waals surface area (Å²) in [4.78, 5) is 15.6. The zero-order valence-corrected chi connectivity index (χ0v) is 20.6. The Morgan fingerprint density at radius 2 is 1.48 bits per heavy atom. The van der Waals surface area contributed by atoms with Gasteiger partial charge in [0.25, 0.3) is 0 Å². The van der Waals surface area contributed by atoms with Crippen LogP contribution in [0.1, 0.15) is 56.9 Å². The standard InChI is InChI=1S/C27H32N2OS/c1-17-10-9-11-20(14-17)28-29-24(23-13-12-18(2)31-23)19-15-21(26(3,4)5)25(30)22(16-19)27(6,7)8/h9-16H,1-8H3. The summed E-state index contributed by atoms with van der Waals surface area (Å²) in [6.45, 7) is 16.7. The lowest BCUT2D eigenvalue weighted by Gasteiger charge is -2.31. The molecule has 0 unspecified atom stereocenters. The Bertz CT molecular complexity index is 1090. The number of hydrogen-bond donors (Lipinski definition) is 0. The second-order valence-corrected chi connectivity index (χ2v) is 11.5. The van der Waals surface area contributed by atoms with Crippen LogP contribution in [0.3, 0.4) is 0 Å². The molecule has 1 aromatic carbocycles. The first kappa shape index (κ1) is 23.1. The monoisotopic (exact) mass is 432 g/mol. The maximum atomic E-state index is 13.3. The average Bonchev–Trinajstić information content (AvgIpc) is 3.07. The van der Waals surface area contributed by atoms with Crippen LogP contribution in [0, 0.1) is 24.7 Å². The van der Waals surface area contributed by atoms with Crippen LogP contribution in [0.15, 0.2) is 75.5 Å². The Kier molecular flexibility index (Phi) is 6.33. The Balaban J connectivity index is 2.27. The molecule has 0 saturated carbocycles. The third-order valence-electron chi connectivity index (χ3n) is 5.22. The largest absolute Gasteiger partial charge is 0.289 e. The van der Waals surface area contributed by atoms with Crippen molar-refractivity contribution in [2.75, 3.05) is 0 Å². The maximum Gasteiger partial charge on any atom is 0.186 e. The highest BCUT2D eigenvalue weighted by molar-refractivity contribution is 7.13. The number of rotatable bonds is 3. The van der Waals surface area contributed by atoms with Gasteiger partial charge in [0.05, 0.1) is 10.6 Å². The van der Waals surface area contributed by atoms with E-state index in [4.69, 9.17) is 5.11 Å². The lowest BCUT2D eigenvalue weighted by Crippen LogP contribution is -2.28. The van der Waals surface area contributed by atoms with Crippen LogP contribution < -0.4 is 0 Å². The number of allylic oxidation sites excluding steroid dienone is 5. The number of hydrogen-bond acceptors (Lipinski definition) is 4. The molecule has 0 saturated heterocycles. The van der Waals surface area contributed by atoms with Crippen molar-refractivity contribution >= 4 is 28.5 Å². The first-order chi connectivity index (χ1) is 14.4. The third-order valence-corrected chi connectivity index (χ3v) is 6.23. The van der Waals surface area contributed by atoms with E-state index in [1.807, 2.05) is 43.3 Å². The average molecular weight is 433 g/mol. The highest BCUT2D eigenvalue weighted by Gasteiger charge is 2.34. The van der Waals surface area contributed by atoms with Crippen molar-refractivity contribution in [3.05, 3.63) is 80.6 Å². The van der Waals surface area contributed by atoms with E-state index in [1.165, 1.54) is 4.88 Å². The number of aryl methyl sites for hydroxylation is 2. The molecule has 31 heavy (non-hydrogen) atoms. The summed E-state index contributed by atoms with van der Waals surface area (Å²) >= 11 is 1.69. The number of thiophene rings is 1. The third kappa shape index (κ3) is 5.37. The molecule has 162 valence electrons. The smallest absolute Gasteiger partial charge is 0.186 e. The van der Waals surface area contributed by atoms with Gasteiger partial charge in [-0.3, -0.25) is 4.79 Å². The zero-order chi connectivity index (χ0) is 23.0. The lowest BCUT2D eigenvalue weighted by molar-refractivity contribution is -0.114. The van der Waals surface area contributed by atoms with Crippen LogP contribution in [-0.4, -0.2) is 5.78 Å². The fourth-order valence-electron chi connectivity index (χ4n) is 3.49. The van der Waals surface area contributed by atoms with Gasteiger partial charge in [-0.05, 0) is 66.7 Å². The van der Waals surface area contributed by atoms with E-state index in [1.54, 1.807) is 11.3 Å².